The second kappa shape index (κ2) is 13.1. The van der Waals surface area contributed by atoms with Crippen molar-refractivity contribution in [2.24, 2.45) is 0 Å². The maximum absolute atomic E-state index is 13.5. The van der Waals surface area contributed by atoms with Gasteiger partial charge in [-0.25, -0.2) is 0 Å². The Morgan fingerprint density at radius 3 is 2.15 bits per heavy atom. The minimum atomic E-state index is -4.16. The molecule has 4 aromatic carbocycles. The lowest BCUT2D eigenvalue weighted by molar-refractivity contribution is -0.117. The molecule has 0 saturated heterocycles. The van der Waals surface area contributed by atoms with E-state index in [0.29, 0.717) is 27.7 Å². The number of halogens is 2. The van der Waals surface area contributed by atoms with Crippen molar-refractivity contribution in [2.45, 2.75) is 12.3 Å². The Bertz CT molecular complexity index is 1590. The van der Waals surface area contributed by atoms with Crippen LogP contribution in [0.2, 0.25) is 10.0 Å². The molecule has 2 amide bonds. The molecule has 1 unspecified atom stereocenters. The Kier molecular flexibility index (Phi) is 9.60. The van der Waals surface area contributed by atoms with Gasteiger partial charge in [0.1, 0.15) is 0 Å². The van der Waals surface area contributed by atoms with Crippen molar-refractivity contribution >= 4 is 50.8 Å². The lowest BCUT2D eigenvalue weighted by Gasteiger charge is -2.18. The maximum atomic E-state index is 13.5. The Morgan fingerprint density at radius 1 is 0.850 bits per heavy atom. The molecule has 0 fully saturated rings. The van der Waals surface area contributed by atoms with E-state index in [-0.39, 0.29) is 12.5 Å². The first-order valence-corrected chi connectivity index (χ1v) is 14.7. The summed E-state index contributed by atoms with van der Waals surface area (Å²) in [6, 6.07) is 28.8. The standard InChI is InChI=1S/C30H26Cl2N2O5S/c31-24-12-15-26(28(32)19-24)22-10-13-25(14-11-22)34-30(36)27(21-4-2-1-3-5-21)18-20-6-8-23(9-7-20)29(35)33-16-17-40(37,38)39/h1-15,19,27H,16-18H2,(H,33,35)(H,34,36)(H,37,38,39). The van der Waals surface area contributed by atoms with Gasteiger partial charge in [0.2, 0.25) is 5.91 Å². The minimum absolute atomic E-state index is 0.185. The van der Waals surface area contributed by atoms with Crippen LogP contribution in [0.4, 0.5) is 5.69 Å². The predicted molar refractivity (Wildman–Crippen MR) is 159 cm³/mol. The first-order valence-electron chi connectivity index (χ1n) is 12.3. The molecule has 0 spiro atoms. The number of hydrogen-bond donors (Lipinski definition) is 3. The van der Waals surface area contributed by atoms with Gasteiger partial charge in [-0.1, -0.05) is 83.9 Å². The first-order chi connectivity index (χ1) is 19.1. The van der Waals surface area contributed by atoms with Gasteiger partial charge in [0.25, 0.3) is 16.0 Å². The molecule has 0 saturated carbocycles. The second-order valence-corrected chi connectivity index (χ2v) is 11.5. The molecule has 1 atom stereocenters. The zero-order valence-corrected chi connectivity index (χ0v) is 23.5. The molecule has 0 bridgehead atoms. The highest BCUT2D eigenvalue weighted by atomic mass is 35.5. The number of carbonyl (C=O) groups is 2. The average Bonchev–Trinajstić information content (AvgIpc) is 2.92. The van der Waals surface area contributed by atoms with Gasteiger partial charge < -0.3 is 10.6 Å². The van der Waals surface area contributed by atoms with Crippen LogP contribution in [-0.2, 0) is 21.3 Å². The van der Waals surface area contributed by atoms with E-state index in [4.69, 9.17) is 27.8 Å². The fourth-order valence-electron chi connectivity index (χ4n) is 4.16. The van der Waals surface area contributed by atoms with Crippen molar-refractivity contribution in [1.82, 2.24) is 5.32 Å². The van der Waals surface area contributed by atoms with E-state index < -0.39 is 27.7 Å². The molecular weight excluding hydrogens is 571 g/mol. The number of rotatable bonds is 10. The number of benzene rings is 4. The van der Waals surface area contributed by atoms with Gasteiger partial charge in [-0.05, 0) is 59.5 Å². The van der Waals surface area contributed by atoms with E-state index in [9.17, 15) is 18.0 Å². The monoisotopic (exact) mass is 596 g/mol. The molecule has 0 aliphatic heterocycles. The Labute approximate surface area is 242 Å². The van der Waals surface area contributed by atoms with E-state index in [1.165, 1.54) is 0 Å². The summed E-state index contributed by atoms with van der Waals surface area (Å²) in [4.78, 5) is 25.7. The SMILES string of the molecule is O=C(NCCS(=O)(=O)O)c1ccc(CC(C(=O)Nc2ccc(-c3ccc(Cl)cc3Cl)cc2)c2ccccc2)cc1. The summed E-state index contributed by atoms with van der Waals surface area (Å²) in [5.41, 5.74) is 4.38. The molecular formula is C30H26Cl2N2O5S. The molecule has 4 aromatic rings. The topological polar surface area (TPSA) is 113 Å². The molecule has 4 rings (SSSR count). The number of nitrogens with one attached hydrogen (secondary N) is 2. The molecule has 40 heavy (non-hydrogen) atoms. The zero-order valence-electron chi connectivity index (χ0n) is 21.2. The van der Waals surface area contributed by atoms with Gasteiger partial charge in [0.15, 0.2) is 0 Å². The molecule has 0 heterocycles. The summed E-state index contributed by atoms with van der Waals surface area (Å²) >= 11 is 12.3. The quantitative estimate of drug-likeness (QED) is 0.187. The normalized spacial score (nSPS) is 12.0. The summed E-state index contributed by atoms with van der Waals surface area (Å²) in [7, 11) is -4.16. The van der Waals surface area contributed by atoms with E-state index in [0.717, 1.165) is 22.3 Å². The zero-order chi connectivity index (χ0) is 28.7. The van der Waals surface area contributed by atoms with Gasteiger partial charge in [0, 0.05) is 33.4 Å². The number of anilines is 1. The van der Waals surface area contributed by atoms with Crippen molar-refractivity contribution in [3.63, 3.8) is 0 Å². The maximum Gasteiger partial charge on any atom is 0.266 e. The van der Waals surface area contributed by atoms with E-state index in [2.05, 4.69) is 10.6 Å². The fourth-order valence-corrected chi connectivity index (χ4v) is 5.03. The van der Waals surface area contributed by atoms with Crippen LogP contribution >= 0.6 is 23.2 Å². The molecule has 206 valence electrons. The molecule has 0 aliphatic carbocycles. The van der Waals surface area contributed by atoms with Gasteiger partial charge in [-0.15, -0.1) is 0 Å². The molecule has 0 aliphatic rings. The van der Waals surface area contributed by atoms with Crippen molar-refractivity contribution in [2.75, 3.05) is 17.6 Å². The van der Waals surface area contributed by atoms with Crippen LogP contribution in [0.15, 0.2) is 97.1 Å². The van der Waals surface area contributed by atoms with Crippen molar-refractivity contribution in [1.29, 1.82) is 0 Å². The van der Waals surface area contributed by atoms with Crippen LogP contribution in [0.3, 0.4) is 0 Å². The number of carbonyl (C=O) groups excluding carboxylic acids is 2. The van der Waals surface area contributed by atoms with Crippen LogP contribution in [0.1, 0.15) is 27.4 Å². The summed E-state index contributed by atoms with van der Waals surface area (Å²) in [6.07, 6.45) is 0.388. The smallest absolute Gasteiger partial charge is 0.266 e. The van der Waals surface area contributed by atoms with Gasteiger partial charge in [0.05, 0.1) is 11.7 Å². The highest BCUT2D eigenvalue weighted by molar-refractivity contribution is 7.85. The van der Waals surface area contributed by atoms with Crippen molar-refractivity contribution in [3.8, 4) is 11.1 Å². The third kappa shape index (κ3) is 8.16. The van der Waals surface area contributed by atoms with Crippen LogP contribution in [0.25, 0.3) is 11.1 Å². The largest absolute Gasteiger partial charge is 0.351 e. The minimum Gasteiger partial charge on any atom is -0.351 e. The molecule has 7 nitrogen and oxygen atoms in total. The average molecular weight is 598 g/mol. The number of amides is 2. The van der Waals surface area contributed by atoms with Crippen molar-refractivity contribution < 1.29 is 22.6 Å². The van der Waals surface area contributed by atoms with Gasteiger partial charge in [-0.3, -0.25) is 14.1 Å². The molecule has 10 heteroatoms. The first kappa shape index (κ1) is 29.3. The Hall–Kier alpha value is -3.69. The molecule has 3 N–H and O–H groups in total. The summed E-state index contributed by atoms with van der Waals surface area (Å²) in [6.45, 7) is -0.205. The second-order valence-electron chi connectivity index (χ2n) is 9.10. The highest BCUT2D eigenvalue weighted by Gasteiger charge is 2.22. The lowest BCUT2D eigenvalue weighted by Crippen LogP contribution is -2.28. The highest BCUT2D eigenvalue weighted by Crippen LogP contribution is 2.31. The van der Waals surface area contributed by atoms with Crippen molar-refractivity contribution in [3.05, 3.63) is 124 Å². The summed E-state index contributed by atoms with van der Waals surface area (Å²) < 4.78 is 30.5. The Morgan fingerprint density at radius 2 is 1.52 bits per heavy atom. The fraction of sp³-hybridized carbons (Fsp3) is 0.133. The van der Waals surface area contributed by atoms with Crippen LogP contribution in [-0.4, -0.2) is 37.1 Å². The van der Waals surface area contributed by atoms with Gasteiger partial charge in [-0.2, -0.15) is 8.42 Å². The van der Waals surface area contributed by atoms with Gasteiger partial charge >= 0.3 is 0 Å². The van der Waals surface area contributed by atoms with Crippen LogP contribution in [0.5, 0.6) is 0 Å². The summed E-state index contributed by atoms with van der Waals surface area (Å²) in [5, 5.41) is 6.54. The Balaban J connectivity index is 1.46. The predicted octanol–water partition coefficient (Wildman–Crippen LogP) is 6.24. The van der Waals surface area contributed by atoms with E-state index in [1.54, 1.807) is 36.4 Å². The molecule has 0 aromatic heterocycles. The summed E-state index contributed by atoms with van der Waals surface area (Å²) in [5.74, 6) is -1.71. The van der Waals surface area contributed by atoms with E-state index >= 15 is 0 Å². The molecule has 0 radical (unpaired) electrons. The van der Waals surface area contributed by atoms with Crippen LogP contribution < -0.4 is 10.6 Å². The van der Waals surface area contributed by atoms with E-state index in [1.807, 2.05) is 60.7 Å². The lowest BCUT2D eigenvalue weighted by atomic mass is 9.90. The third-order valence-corrected chi connectivity index (χ3v) is 7.48. The number of hydrogen-bond acceptors (Lipinski definition) is 4. The van der Waals surface area contributed by atoms with Crippen LogP contribution in [0, 0.1) is 0 Å². The third-order valence-electron chi connectivity index (χ3n) is 6.21.